The predicted molar refractivity (Wildman–Crippen MR) is 126 cm³/mol. The third-order valence-electron chi connectivity index (χ3n) is 6.03. The standard InChI is InChI=1S/C26H25F2N3O3/c1-3-22-25(15(2)27)31-26(30-22)20-10-6-17(13-21(20)28)18-7-11-23(29-14-18)34-19-8-4-16(5-9-19)12-24(32)33/h3,6-7,10-11,13-14,16,19H,1-2,4-5,8-9,12H2,(H,30,31)(H,32,33)/t16-,19-. The van der Waals surface area contributed by atoms with E-state index in [9.17, 15) is 13.6 Å². The molecule has 0 atom stereocenters. The number of nitrogens with zero attached hydrogens (tertiary/aromatic N) is 2. The van der Waals surface area contributed by atoms with Gasteiger partial charge in [0, 0.05) is 24.2 Å². The minimum Gasteiger partial charge on any atom is -0.481 e. The number of hydrogen-bond donors (Lipinski definition) is 2. The molecule has 1 aliphatic rings. The number of aliphatic carboxylic acids is 1. The van der Waals surface area contributed by atoms with Crippen molar-refractivity contribution in [3.8, 4) is 28.4 Å². The molecule has 0 spiro atoms. The summed E-state index contributed by atoms with van der Waals surface area (Å²) >= 11 is 0. The van der Waals surface area contributed by atoms with Crippen molar-refractivity contribution in [2.75, 3.05) is 0 Å². The molecule has 4 rings (SSSR count). The van der Waals surface area contributed by atoms with Crippen molar-refractivity contribution in [2.24, 2.45) is 5.92 Å². The van der Waals surface area contributed by atoms with Gasteiger partial charge in [0.1, 0.15) is 29.3 Å². The highest BCUT2D eigenvalue weighted by atomic mass is 19.1. The molecule has 1 aromatic carbocycles. The Bertz CT molecular complexity index is 1210. The van der Waals surface area contributed by atoms with E-state index < -0.39 is 17.6 Å². The molecule has 3 aromatic rings. The van der Waals surface area contributed by atoms with E-state index in [0.717, 1.165) is 25.7 Å². The van der Waals surface area contributed by atoms with E-state index in [1.54, 1.807) is 30.5 Å². The smallest absolute Gasteiger partial charge is 0.303 e. The van der Waals surface area contributed by atoms with Gasteiger partial charge in [-0.3, -0.25) is 4.79 Å². The number of halogens is 2. The van der Waals surface area contributed by atoms with Crippen molar-refractivity contribution in [1.29, 1.82) is 0 Å². The maximum atomic E-state index is 14.9. The van der Waals surface area contributed by atoms with Crippen LogP contribution in [0.4, 0.5) is 8.78 Å². The molecule has 1 aliphatic carbocycles. The van der Waals surface area contributed by atoms with Crippen molar-refractivity contribution in [3.05, 3.63) is 66.9 Å². The van der Waals surface area contributed by atoms with Gasteiger partial charge in [-0.15, -0.1) is 0 Å². The lowest BCUT2D eigenvalue weighted by Gasteiger charge is -2.27. The molecule has 2 heterocycles. The highest BCUT2D eigenvalue weighted by Crippen LogP contribution is 2.31. The van der Waals surface area contributed by atoms with Gasteiger partial charge in [-0.25, -0.2) is 18.7 Å². The molecule has 1 fully saturated rings. The lowest BCUT2D eigenvalue weighted by atomic mass is 9.85. The molecule has 6 nitrogen and oxygen atoms in total. The number of H-pyrrole nitrogens is 1. The number of imidazole rings is 1. The summed E-state index contributed by atoms with van der Waals surface area (Å²) in [6.07, 6.45) is 6.48. The molecule has 0 radical (unpaired) electrons. The second-order valence-corrected chi connectivity index (χ2v) is 8.39. The van der Waals surface area contributed by atoms with Gasteiger partial charge < -0.3 is 14.8 Å². The molecule has 34 heavy (non-hydrogen) atoms. The number of ether oxygens (including phenoxy) is 1. The average Bonchev–Trinajstić information content (AvgIpc) is 3.25. The van der Waals surface area contributed by atoms with Gasteiger partial charge in [0.25, 0.3) is 0 Å². The Morgan fingerprint density at radius 1 is 1.21 bits per heavy atom. The van der Waals surface area contributed by atoms with Crippen LogP contribution in [0.15, 0.2) is 49.7 Å². The first-order valence-corrected chi connectivity index (χ1v) is 11.1. The quantitative estimate of drug-likeness (QED) is 0.409. The molecule has 0 aliphatic heterocycles. The van der Waals surface area contributed by atoms with Crippen LogP contribution >= 0.6 is 0 Å². The maximum absolute atomic E-state index is 14.9. The largest absolute Gasteiger partial charge is 0.481 e. The molecule has 8 heteroatoms. The van der Waals surface area contributed by atoms with Crippen molar-refractivity contribution in [1.82, 2.24) is 15.0 Å². The van der Waals surface area contributed by atoms with Crippen LogP contribution in [0.1, 0.15) is 43.5 Å². The molecule has 2 N–H and O–H groups in total. The Morgan fingerprint density at radius 3 is 2.50 bits per heavy atom. The number of carbonyl (C=O) groups is 1. The zero-order valence-corrected chi connectivity index (χ0v) is 18.6. The maximum Gasteiger partial charge on any atom is 0.303 e. The Labute approximate surface area is 196 Å². The Hall–Kier alpha value is -3.81. The van der Waals surface area contributed by atoms with Gasteiger partial charge in [-0.05, 0) is 61.4 Å². The fraction of sp³-hybridized carbons (Fsp3) is 0.269. The Balaban J connectivity index is 1.43. The van der Waals surface area contributed by atoms with Crippen LogP contribution in [0.5, 0.6) is 5.88 Å². The van der Waals surface area contributed by atoms with Crippen molar-refractivity contribution >= 4 is 17.9 Å². The lowest BCUT2D eigenvalue weighted by molar-refractivity contribution is -0.138. The second kappa shape index (κ2) is 9.99. The molecular weight excluding hydrogens is 440 g/mol. The number of carboxylic acid groups (broad SMARTS) is 1. The Morgan fingerprint density at radius 2 is 1.94 bits per heavy atom. The SMILES string of the molecule is C=Cc1[nH]c(-c2ccc(-c3ccc(O[C@H]4CC[C@H](CC(=O)O)CC4)nc3)cc2F)nc1C(=C)F. The van der Waals surface area contributed by atoms with Crippen molar-refractivity contribution in [3.63, 3.8) is 0 Å². The number of rotatable bonds is 8. The van der Waals surface area contributed by atoms with Gasteiger partial charge in [0.15, 0.2) is 0 Å². The molecule has 0 saturated heterocycles. The second-order valence-electron chi connectivity index (χ2n) is 8.39. The third kappa shape index (κ3) is 5.22. The zero-order valence-electron chi connectivity index (χ0n) is 18.6. The molecular formula is C26H25F2N3O3. The predicted octanol–water partition coefficient (Wildman–Crippen LogP) is 6.27. The summed E-state index contributed by atoms with van der Waals surface area (Å²) in [6.45, 7) is 6.85. The monoisotopic (exact) mass is 465 g/mol. The summed E-state index contributed by atoms with van der Waals surface area (Å²) in [5.41, 5.74) is 1.88. The number of aromatic amines is 1. The van der Waals surface area contributed by atoms with Gasteiger partial charge in [0.05, 0.1) is 11.3 Å². The van der Waals surface area contributed by atoms with Gasteiger partial charge in [0.2, 0.25) is 5.88 Å². The fourth-order valence-electron chi connectivity index (χ4n) is 4.25. The molecule has 0 bridgehead atoms. The summed E-state index contributed by atoms with van der Waals surface area (Å²) in [7, 11) is 0. The first-order valence-electron chi connectivity index (χ1n) is 11.1. The summed E-state index contributed by atoms with van der Waals surface area (Å²) in [5, 5.41) is 8.93. The number of carboxylic acids is 1. The van der Waals surface area contributed by atoms with Gasteiger partial charge >= 0.3 is 5.97 Å². The topological polar surface area (TPSA) is 88.1 Å². The fourth-order valence-corrected chi connectivity index (χ4v) is 4.25. The summed E-state index contributed by atoms with van der Waals surface area (Å²) in [4.78, 5) is 22.2. The molecule has 0 amide bonds. The summed E-state index contributed by atoms with van der Waals surface area (Å²) in [5.74, 6) is -1.13. The minimum atomic E-state index is -0.757. The third-order valence-corrected chi connectivity index (χ3v) is 6.03. The highest BCUT2D eigenvalue weighted by molar-refractivity contribution is 5.71. The van der Waals surface area contributed by atoms with Crippen LogP contribution in [-0.2, 0) is 4.79 Å². The minimum absolute atomic E-state index is 0.00337. The first-order chi connectivity index (χ1) is 16.3. The number of pyridine rings is 1. The number of hydrogen-bond acceptors (Lipinski definition) is 4. The normalized spacial score (nSPS) is 17.8. The zero-order chi connectivity index (χ0) is 24.2. The van der Waals surface area contributed by atoms with Crippen molar-refractivity contribution < 1.29 is 23.4 Å². The molecule has 176 valence electrons. The van der Waals surface area contributed by atoms with E-state index in [4.69, 9.17) is 9.84 Å². The van der Waals surface area contributed by atoms with Gasteiger partial charge in [-0.1, -0.05) is 19.2 Å². The van der Waals surface area contributed by atoms with E-state index in [2.05, 4.69) is 28.1 Å². The number of aromatic nitrogens is 3. The first kappa shape index (κ1) is 23.4. The number of nitrogens with one attached hydrogen (secondary N) is 1. The van der Waals surface area contributed by atoms with Gasteiger partial charge in [-0.2, -0.15) is 0 Å². The van der Waals surface area contributed by atoms with Crippen LogP contribution in [-0.4, -0.2) is 32.1 Å². The number of benzene rings is 1. The summed E-state index contributed by atoms with van der Waals surface area (Å²) < 4.78 is 34.4. The average molecular weight is 466 g/mol. The van der Waals surface area contributed by atoms with Crippen LogP contribution in [0.25, 0.3) is 34.4 Å². The molecule has 1 saturated carbocycles. The van der Waals surface area contributed by atoms with Crippen LogP contribution < -0.4 is 4.74 Å². The van der Waals surface area contributed by atoms with Crippen LogP contribution in [0.2, 0.25) is 0 Å². The summed E-state index contributed by atoms with van der Waals surface area (Å²) in [6, 6.07) is 8.23. The molecule has 2 aromatic heterocycles. The van der Waals surface area contributed by atoms with E-state index in [1.807, 2.05) is 0 Å². The van der Waals surface area contributed by atoms with E-state index in [0.29, 0.717) is 22.7 Å². The van der Waals surface area contributed by atoms with Crippen LogP contribution in [0, 0.1) is 11.7 Å². The van der Waals surface area contributed by atoms with Crippen LogP contribution in [0.3, 0.4) is 0 Å². The van der Waals surface area contributed by atoms with E-state index in [-0.39, 0.29) is 35.5 Å². The highest BCUT2D eigenvalue weighted by Gasteiger charge is 2.24. The van der Waals surface area contributed by atoms with E-state index in [1.165, 1.54) is 12.1 Å². The Kier molecular flexibility index (Phi) is 6.86. The van der Waals surface area contributed by atoms with Crippen molar-refractivity contribution in [2.45, 2.75) is 38.2 Å². The molecule has 0 unspecified atom stereocenters. The van der Waals surface area contributed by atoms with E-state index >= 15 is 0 Å². The lowest BCUT2D eigenvalue weighted by Crippen LogP contribution is -2.25.